The molecule has 4 heteroatoms. The molecule has 0 fully saturated rings. The third-order valence-corrected chi connectivity index (χ3v) is 3.11. The number of rotatable bonds is 9. The Bertz CT molecular complexity index is 389. The Morgan fingerprint density at radius 2 is 2.05 bits per heavy atom. The molecule has 0 saturated carbocycles. The molecule has 0 aliphatic carbocycles. The van der Waals surface area contributed by atoms with Gasteiger partial charge in [-0.2, -0.15) is 0 Å². The molecule has 0 heterocycles. The molecule has 0 radical (unpaired) electrons. The van der Waals surface area contributed by atoms with Crippen molar-refractivity contribution in [3.05, 3.63) is 29.8 Å². The van der Waals surface area contributed by atoms with E-state index < -0.39 is 0 Å². The number of nitrogens with one attached hydrogen (secondary N) is 1. The van der Waals surface area contributed by atoms with Gasteiger partial charge in [0.05, 0.1) is 13.0 Å². The van der Waals surface area contributed by atoms with Gasteiger partial charge in [-0.25, -0.2) is 0 Å². The third kappa shape index (κ3) is 6.57. The fraction of sp³-hybridized carbons (Fsp3) is 0.562. The Morgan fingerprint density at radius 1 is 1.35 bits per heavy atom. The van der Waals surface area contributed by atoms with E-state index in [4.69, 9.17) is 9.84 Å². The van der Waals surface area contributed by atoms with Crippen LogP contribution in [0.4, 0.5) is 0 Å². The highest BCUT2D eigenvalue weighted by Gasteiger charge is 2.04. The molecule has 1 amide bonds. The van der Waals surface area contributed by atoms with Gasteiger partial charge in [0.2, 0.25) is 5.91 Å². The molecule has 2 N–H and O–H groups in total. The van der Waals surface area contributed by atoms with E-state index in [0.717, 1.165) is 24.2 Å². The zero-order valence-corrected chi connectivity index (χ0v) is 12.4. The van der Waals surface area contributed by atoms with E-state index in [9.17, 15) is 4.79 Å². The minimum absolute atomic E-state index is 0.0332. The van der Waals surface area contributed by atoms with Crippen molar-refractivity contribution in [2.24, 2.45) is 5.92 Å². The lowest BCUT2D eigenvalue weighted by Gasteiger charge is -2.09. The number of benzene rings is 1. The largest absolute Gasteiger partial charge is 0.494 e. The van der Waals surface area contributed by atoms with Gasteiger partial charge in [-0.15, -0.1) is 0 Å². The molecular formula is C16H25NO3. The van der Waals surface area contributed by atoms with Gasteiger partial charge in [0, 0.05) is 13.2 Å². The van der Waals surface area contributed by atoms with Gasteiger partial charge in [-0.1, -0.05) is 19.1 Å². The molecule has 1 unspecified atom stereocenters. The van der Waals surface area contributed by atoms with Gasteiger partial charge >= 0.3 is 0 Å². The van der Waals surface area contributed by atoms with Gasteiger partial charge in [0.25, 0.3) is 0 Å². The van der Waals surface area contributed by atoms with E-state index in [1.54, 1.807) is 0 Å². The first-order chi connectivity index (χ1) is 9.65. The van der Waals surface area contributed by atoms with Crippen molar-refractivity contribution >= 4 is 5.91 Å². The van der Waals surface area contributed by atoms with Crippen LogP contribution < -0.4 is 10.1 Å². The second-order valence-electron chi connectivity index (χ2n) is 5.03. The predicted molar refractivity (Wildman–Crippen MR) is 79.8 cm³/mol. The molecule has 0 aliphatic heterocycles. The van der Waals surface area contributed by atoms with Crippen molar-refractivity contribution in [3.63, 3.8) is 0 Å². The van der Waals surface area contributed by atoms with Crippen LogP contribution in [0.5, 0.6) is 5.75 Å². The Labute approximate surface area is 121 Å². The molecule has 1 rings (SSSR count). The fourth-order valence-corrected chi connectivity index (χ4v) is 1.89. The van der Waals surface area contributed by atoms with Crippen LogP contribution in [0.2, 0.25) is 0 Å². The molecule has 0 aliphatic rings. The Balaban J connectivity index is 2.24. The number of carbonyl (C=O) groups is 1. The summed E-state index contributed by atoms with van der Waals surface area (Å²) in [6.07, 6.45) is 2.22. The summed E-state index contributed by atoms with van der Waals surface area (Å²) in [5.74, 6) is 1.17. The number of aliphatic hydroxyl groups is 1. The number of aliphatic hydroxyl groups excluding tert-OH is 1. The lowest BCUT2D eigenvalue weighted by molar-refractivity contribution is -0.120. The maximum Gasteiger partial charge on any atom is 0.224 e. The summed E-state index contributed by atoms with van der Waals surface area (Å²) in [5, 5.41) is 11.8. The van der Waals surface area contributed by atoms with Crippen molar-refractivity contribution in [1.82, 2.24) is 5.32 Å². The summed E-state index contributed by atoms with van der Waals surface area (Å²) in [5.41, 5.74) is 0.981. The highest BCUT2D eigenvalue weighted by molar-refractivity contribution is 5.78. The highest BCUT2D eigenvalue weighted by Crippen LogP contribution is 2.12. The van der Waals surface area contributed by atoms with Gasteiger partial charge < -0.3 is 15.2 Å². The van der Waals surface area contributed by atoms with E-state index in [1.165, 1.54) is 0 Å². The summed E-state index contributed by atoms with van der Waals surface area (Å²) >= 11 is 0. The van der Waals surface area contributed by atoms with Crippen LogP contribution in [-0.2, 0) is 11.2 Å². The molecular weight excluding hydrogens is 254 g/mol. The molecule has 4 nitrogen and oxygen atoms in total. The predicted octanol–water partition coefficient (Wildman–Crippen LogP) is 2.15. The van der Waals surface area contributed by atoms with Crippen molar-refractivity contribution in [3.8, 4) is 5.75 Å². The Hall–Kier alpha value is -1.55. The summed E-state index contributed by atoms with van der Waals surface area (Å²) in [6.45, 7) is 5.47. The molecule has 112 valence electrons. The van der Waals surface area contributed by atoms with Crippen molar-refractivity contribution in [2.75, 3.05) is 19.8 Å². The van der Waals surface area contributed by atoms with E-state index in [1.807, 2.05) is 38.1 Å². The second-order valence-corrected chi connectivity index (χ2v) is 5.03. The van der Waals surface area contributed by atoms with Crippen LogP contribution in [0.3, 0.4) is 0 Å². The highest BCUT2D eigenvalue weighted by atomic mass is 16.5. The van der Waals surface area contributed by atoms with Crippen molar-refractivity contribution < 1.29 is 14.6 Å². The summed E-state index contributed by atoms with van der Waals surface area (Å²) in [7, 11) is 0. The number of hydrogen-bond acceptors (Lipinski definition) is 3. The number of carbonyl (C=O) groups excluding carboxylic acids is 1. The second kappa shape index (κ2) is 9.37. The SMILES string of the molecule is CCOc1ccc(CC(=O)NCCCC(C)CO)cc1. The van der Waals surface area contributed by atoms with Crippen LogP contribution in [0.1, 0.15) is 32.3 Å². The zero-order valence-electron chi connectivity index (χ0n) is 12.4. The lowest BCUT2D eigenvalue weighted by Crippen LogP contribution is -2.26. The zero-order chi connectivity index (χ0) is 14.8. The van der Waals surface area contributed by atoms with E-state index in [0.29, 0.717) is 25.5 Å². The normalized spacial score (nSPS) is 11.9. The minimum Gasteiger partial charge on any atom is -0.494 e. The number of amides is 1. The maximum absolute atomic E-state index is 11.7. The molecule has 20 heavy (non-hydrogen) atoms. The van der Waals surface area contributed by atoms with Gasteiger partial charge in [0.15, 0.2) is 0 Å². The van der Waals surface area contributed by atoms with Crippen LogP contribution in [0.25, 0.3) is 0 Å². The van der Waals surface area contributed by atoms with E-state index in [2.05, 4.69) is 5.32 Å². The Kier molecular flexibility index (Phi) is 7.73. The van der Waals surface area contributed by atoms with Crippen LogP contribution >= 0.6 is 0 Å². The third-order valence-electron chi connectivity index (χ3n) is 3.11. The quantitative estimate of drug-likeness (QED) is 0.681. The summed E-state index contributed by atoms with van der Waals surface area (Å²) in [4.78, 5) is 11.7. The molecule has 1 aromatic carbocycles. The van der Waals surface area contributed by atoms with Crippen LogP contribution in [0, 0.1) is 5.92 Å². The average Bonchev–Trinajstić information content (AvgIpc) is 2.45. The van der Waals surface area contributed by atoms with Crippen molar-refractivity contribution in [2.45, 2.75) is 33.1 Å². The molecule has 0 spiro atoms. The first-order valence-corrected chi connectivity index (χ1v) is 7.25. The lowest BCUT2D eigenvalue weighted by atomic mass is 10.1. The van der Waals surface area contributed by atoms with Crippen LogP contribution in [-0.4, -0.2) is 30.8 Å². The molecule has 1 atom stereocenters. The monoisotopic (exact) mass is 279 g/mol. The average molecular weight is 279 g/mol. The number of hydrogen-bond donors (Lipinski definition) is 2. The minimum atomic E-state index is 0.0332. The molecule has 0 saturated heterocycles. The fourth-order valence-electron chi connectivity index (χ4n) is 1.89. The smallest absolute Gasteiger partial charge is 0.224 e. The topological polar surface area (TPSA) is 58.6 Å². The van der Waals surface area contributed by atoms with Crippen LogP contribution in [0.15, 0.2) is 24.3 Å². The maximum atomic E-state index is 11.7. The standard InChI is InChI=1S/C16H25NO3/c1-3-20-15-8-6-14(7-9-15)11-16(19)17-10-4-5-13(2)12-18/h6-9,13,18H,3-5,10-12H2,1-2H3,(H,17,19). The molecule has 0 bridgehead atoms. The molecule has 1 aromatic rings. The summed E-state index contributed by atoms with van der Waals surface area (Å²) < 4.78 is 5.36. The number of ether oxygens (including phenoxy) is 1. The van der Waals surface area contributed by atoms with Gasteiger partial charge in [-0.05, 0) is 43.4 Å². The first kappa shape index (κ1) is 16.5. The first-order valence-electron chi connectivity index (χ1n) is 7.25. The van der Waals surface area contributed by atoms with E-state index in [-0.39, 0.29) is 12.5 Å². The summed E-state index contributed by atoms with van der Waals surface area (Å²) in [6, 6.07) is 7.60. The Morgan fingerprint density at radius 3 is 2.65 bits per heavy atom. The van der Waals surface area contributed by atoms with E-state index >= 15 is 0 Å². The van der Waals surface area contributed by atoms with Gasteiger partial charge in [-0.3, -0.25) is 4.79 Å². The van der Waals surface area contributed by atoms with Gasteiger partial charge in [0.1, 0.15) is 5.75 Å². The molecule has 0 aromatic heterocycles. The van der Waals surface area contributed by atoms with Crippen molar-refractivity contribution in [1.29, 1.82) is 0 Å².